The van der Waals surface area contributed by atoms with Crippen molar-refractivity contribution in [1.82, 2.24) is 0 Å². The standard InChI is InChI=1S/C11H9ClN2O3/c12-5-9(15)6-1-2-7-8(3-6)14-11(17)4-10(16)13-7/h1-3H,4-5H2,(H,13,16)(H,14,17). The third kappa shape index (κ3) is 2.45. The molecule has 0 spiro atoms. The van der Waals surface area contributed by atoms with Crippen LogP contribution in [-0.4, -0.2) is 23.5 Å². The van der Waals surface area contributed by atoms with Gasteiger partial charge in [0.25, 0.3) is 0 Å². The minimum atomic E-state index is -0.406. The minimum absolute atomic E-state index is 0.126. The first-order valence-electron chi connectivity index (χ1n) is 4.93. The predicted molar refractivity (Wildman–Crippen MR) is 63.4 cm³/mol. The van der Waals surface area contributed by atoms with E-state index in [0.717, 1.165) is 0 Å². The van der Waals surface area contributed by atoms with Crippen molar-refractivity contribution in [3.05, 3.63) is 23.8 Å². The Morgan fingerprint density at radius 3 is 2.47 bits per heavy atom. The maximum Gasteiger partial charge on any atom is 0.233 e. The number of carbonyl (C=O) groups is 3. The molecular weight excluding hydrogens is 244 g/mol. The molecule has 17 heavy (non-hydrogen) atoms. The van der Waals surface area contributed by atoms with Gasteiger partial charge in [0.2, 0.25) is 11.8 Å². The molecule has 5 nitrogen and oxygen atoms in total. The van der Waals surface area contributed by atoms with Crippen LogP contribution >= 0.6 is 11.6 Å². The van der Waals surface area contributed by atoms with Crippen molar-refractivity contribution in [2.45, 2.75) is 6.42 Å². The van der Waals surface area contributed by atoms with E-state index in [1.807, 2.05) is 0 Å². The van der Waals surface area contributed by atoms with Crippen molar-refractivity contribution in [3.8, 4) is 0 Å². The zero-order valence-electron chi connectivity index (χ0n) is 8.75. The molecular formula is C11H9ClN2O3. The van der Waals surface area contributed by atoms with Gasteiger partial charge in [-0.1, -0.05) is 0 Å². The van der Waals surface area contributed by atoms with Crippen LogP contribution in [0, 0.1) is 0 Å². The molecule has 1 aliphatic rings. The molecule has 0 fully saturated rings. The Hall–Kier alpha value is -1.88. The number of rotatable bonds is 2. The number of ketones is 1. The highest BCUT2D eigenvalue weighted by molar-refractivity contribution is 6.30. The fraction of sp³-hybridized carbons (Fsp3) is 0.182. The van der Waals surface area contributed by atoms with Crippen LogP contribution in [0.4, 0.5) is 11.4 Å². The largest absolute Gasteiger partial charge is 0.324 e. The number of Topliss-reactive ketones (excluding diaryl/α,β-unsaturated/α-hetero) is 1. The van der Waals surface area contributed by atoms with Crippen LogP contribution in [0.25, 0.3) is 0 Å². The molecule has 2 amide bonds. The van der Waals surface area contributed by atoms with Gasteiger partial charge in [0.15, 0.2) is 5.78 Å². The molecule has 1 aromatic rings. The van der Waals surface area contributed by atoms with Crippen molar-refractivity contribution in [3.63, 3.8) is 0 Å². The van der Waals surface area contributed by atoms with Crippen LogP contribution in [0.3, 0.4) is 0 Å². The van der Waals surface area contributed by atoms with Gasteiger partial charge in [-0.2, -0.15) is 0 Å². The van der Waals surface area contributed by atoms with E-state index in [9.17, 15) is 14.4 Å². The Labute approximate surface area is 102 Å². The highest BCUT2D eigenvalue weighted by Crippen LogP contribution is 2.26. The van der Waals surface area contributed by atoms with Crippen LogP contribution in [0.15, 0.2) is 18.2 Å². The summed E-state index contributed by atoms with van der Waals surface area (Å²) in [6, 6.07) is 4.63. The van der Waals surface area contributed by atoms with Crippen molar-refractivity contribution in [2.75, 3.05) is 16.5 Å². The molecule has 1 heterocycles. The smallest absolute Gasteiger partial charge is 0.233 e. The van der Waals surface area contributed by atoms with Gasteiger partial charge in [-0.25, -0.2) is 0 Å². The van der Waals surface area contributed by atoms with Crippen LogP contribution in [0.2, 0.25) is 0 Å². The molecule has 2 N–H and O–H groups in total. The minimum Gasteiger partial charge on any atom is -0.324 e. The first-order valence-corrected chi connectivity index (χ1v) is 5.46. The number of benzene rings is 1. The second-order valence-electron chi connectivity index (χ2n) is 3.59. The Morgan fingerprint density at radius 2 is 1.82 bits per heavy atom. The topological polar surface area (TPSA) is 75.3 Å². The third-order valence-electron chi connectivity index (χ3n) is 2.33. The van der Waals surface area contributed by atoms with Gasteiger partial charge in [0.1, 0.15) is 6.42 Å². The van der Waals surface area contributed by atoms with Crippen LogP contribution in [-0.2, 0) is 9.59 Å². The SMILES string of the molecule is O=C1CC(=O)Nc2cc(C(=O)CCl)ccc2N1. The van der Waals surface area contributed by atoms with Gasteiger partial charge in [0, 0.05) is 5.56 Å². The molecule has 88 valence electrons. The van der Waals surface area contributed by atoms with Gasteiger partial charge < -0.3 is 10.6 Å². The van der Waals surface area contributed by atoms with E-state index in [-0.39, 0.29) is 24.0 Å². The molecule has 0 saturated carbocycles. The Kier molecular flexibility index (Phi) is 3.10. The molecule has 2 rings (SSSR count). The highest BCUT2D eigenvalue weighted by atomic mass is 35.5. The first-order chi connectivity index (χ1) is 8.10. The average Bonchev–Trinajstić information content (AvgIpc) is 2.43. The second-order valence-corrected chi connectivity index (χ2v) is 3.86. The Bertz CT molecular complexity index is 513. The lowest BCUT2D eigenvalue weighted by Gasteiger charge is -2.08. The van der Waals surface area contributed by atoms with Gasteiger partial charge in [-0.15, -0.1) is 11.6 Å². The highest BCUT2D eigenvalue weighted by Gasteiger charge is 2.19. The number of anilines is 2. The molecule has 0 atom stereocenters. The van der Waals surface area contributed by atoms with E-state index in [2.05, 4.69) is 10.6 Å². The van der Waals surface area contributed by atoms with Crippen molar-refractivity contribution >= 4 is 40.6 Å². The number of amides is 2. The lowest BCUT2D eigenvalue weighted by molar-refractivity contribution is -0.123. The maximum atomic E-state index is 11.4. The fourth-order valence-corrected chi connectivity index (χ4v) is 1.70. The molecule has 1 aliphatic heterocycles. The summed E-state index contributed by atoms with van der Waals surface area (Å²) >= 11 is 5.45. The summed E-state index contributed by atoms with van der Waals surface area (Å²) in [5, 5.41) is 5.12. The third-order valence-corrected chi connectivity index (χ3v) is 2.57. The monoisotopic (exact) mass is 252 g/mol. The van der Waals surface area contributed by atoms with E-state index in [0.29, 0.717) is 16.9 Å². The summed E-state index contributed by atoms with van der Waals surface area (Å²) in [5.74, 6) is -1.15. The van der Waals surface area contributed by atoms with Crippen LogP contribution in [0.1, 0.15) is 16.8 Å². The molecule has 0 aliphatic carbocycles. The summed E-state index contributed by atoms with van der Waals surface area (Å²) < 4.78 is 0. The number of nitrogens with one attached hydrogen (secondary N) is 2. The molecule has 6 heteroatoms. The zero-order valence-corrected chi connectivity index (χ0v) is 9.50. The summed E-state index contributed by atoms with van der Waals surface area (Å²) in [6.07, 6.45) is -0.229. The van der Waals surface area contributed by atoms with Gasteiger partial charge in [-0.3, -0.25) is 14.4 Å². The number of alkyl halides is 1. The molecule has 1 aromatic carbocycles. The van der Waals surface area contributed by atoms with Crippen molar-refractivity contribution in [2.24, 2.45) is 0 Å². The van der Waals surface area contributed by atoms with E-state index in [4.69, 9.17) is 11.6 Å². The number of halogens is 1. The van der Waals surface area contributed by atoms with Crippen LogP contribution in [0.5, 0.6) is 0 Å². The number of hydrogen-bond acceptors (Lipinski definition) is 3. The van der Waals surface area contributed by atoms with Gasteiger partial charge in [0.05, 0.1) is 17.3 Å². The fourth-order valence-electron chi connectivity index (χ4n) is 1.54. The van der Waals surface area contributed by atoms with Gasteiger partial charge in [-0.05, 0) is 18.2 Å². The lowest BCUT2D eigenvalue weighted by Crippen LogP contribution is -2.16. The van der Waals surface area contributed by atoms with E-state index < -0.39 is 5.91 Å². The average molecular weight is 253 g/mol. The second kappa shape index (κ2) is 4.55. The van der Waals surface area contributed by atoms with E-state index in [1.165, 1.54) is 6.07 Å². The molecule has 0 unspecified atom stereocenters. The zero-order chi connectivity index (χ0) is 12.4. The van der Waals surface area contributed by atoms with Crippen molar-refractivity contribution in [1.29, 1.82) is 0 Å². The van der Waals surface area contributed by atoms with E-state index in [1.54, 1.807) is 12.1 Å². The number of hydrogen-bond donors (Lipinski definition) is 2. The number of fused-ring (bicyclic) bond motifs is 1. The molecule has 0 saturated heterocycles. The Morgan fingerprint density at radius 1 is 1.18 bits per heavy atom. The summed E-state index contributed by atoms with van der Waals surface area (Å²) in [6.45, 7) is 0. The molecule has 0 aromatic heterocycles. The van der Waals surface area contributed by atoms with Crippen molar-refractivity contribution < 1.29 is 14.4 Å². The summed E-state index contributed by atoms with van der Waals surface area (Å²) in [7, 11) is 0. The lowest BCUT2D eigenvalue weighted by atomic mass is 10.1. The molecule has 0 radical (unpaired) electrons. The number of carbonyl (C=O) groups excluding carboxylic acids is 3. The van der Waals surface area contributed by atoms with Gasteiger partial charge >= 0.3 is 0 Å². The molecule has 0 bridgehead atoms. The predicted octanol–water partition coefficient (Wildman–Crippen LogP) is 1.39. The van der Waals surface area contributed by atoms with E-state index >= 15 is 0 Å². The summed E-state index contributed by atoms with van der Waals surface area (Å²) in [5.41, 5.74) is 1.29. The Balaban J connectivity index is 2.41. The quantitative estimate of drug-likeness (QED) is 0.474. The first kappa shape index (κ1) is 11.6. The summed E-state index contributed by atoms with van der Waals surface area (Å²) in [4.78, 5) is 34.0. The maximum absolute atomic E-state index is 11.4. The van der Waals surface area contributed by atoms with Crippen LogP contribution < -0.4 is 10.6 Å². The normalized spacial score (nSPS) is 14.4.